The molecule has 1 unspecified atom stereocenters. The molecule has 1 aromatic rings. The molecule has 1 aliphatic rings. The normalized spacial score (nSPS) is 23.4. The Morgan fingerprint density at radius 3 is 3.12 bits per heavy atom. The Morgan fingerprint density at radius 1 is 1.65 bits per heavy atom. The molecular formula is C13H17N3S. The van der Waals surface area contributed by atoms with Crippen LogP contribution in [0.25, 0.3) is 0 Å². The Bertz CT molecular complexity index is 444. The highest BCUT2D eigenvalue weighted by atomic mass is 32.2. The van der Waals surface area contributed by atoms with Gasteiger partial charge < -0.3 is 5.32 Å². The number of thioether (sulfide) groups is 1. The molecule has 0 aliphatic carbocycles. The Kier molecular flexibility index (Phi) is 3.58. The molecule has 0 spiro atoms. The number of nitriles is 1. The zero-order valence-electron chi connectivity index (χ0n) is 10.3. The molecule has 0 bridgehead atoms. The minimum atomic E-state index is 0.290. The fourth-order valence-electron chi connectivity index (χ4n) is 2.08. The van der Waals surface area contributed by atoms with Crippen LogP contribution in [0, 0.1) is 18.3 Å². The summed E-state index contributed by atoms with van der Waals surface area (Å²) in [5, 5.41) is 12.5. The van der Waals surface area contributed by atoms with Crippen molar-refractivity contribution in [1.82, 2.24) is 4.98 Å². The number of nitrogens with zero attached hydrogens (tertiary/aromatic N) is 2. The number of pyridine rings is 1. The van der Waals surface area contributed by atoms with E-state index in [1.54, 1.807) is 6.20 Å². The Balaban J connectivity index is 2.09. The molecule has 3 nitrogen and oxygen atoms in total. The maximum Gasteiger partial charge on any atom is 0.144 e. The largest absolute Gasteiger partial charge is 0.368 e. The quantitative estimate of drug-likeness (QED) is 0.892. The van der Waals surface area contributed by atoms with Crippen LogP contribution < -0.4 is 5.32 Å². The standard InChI is InChI=1S/C13H17N3S/c1-10-4-6-15-12(11(10)8-14)16-9-13(2)5-3-7-17-13/h4,6H,3,5,7,9H2,1-2H3,(H,15,16). The first-order valence-corrected chi connectivity index (χ1v) is 6.87. The van der Waals surface area contributed by atoms with Crippen LogP contribution in [0.2, 0.25) is 0 Å². The van der Waals surface area contributed by atoms with Gasteiger partial charge >= 0.3 is 0 Å². The molecule has 90 valence electrons. The maximum absolute atomic E-state index is 9.12. The number of hydrogen-bond acceptors (Lipinski definition) is 4. The van der Waals surface area contributed by atoms with E-state index in [1.807, 2.05) is 24.8 Å². The van der Waals surface area contributed by atoms with Gasteiger partial charge in [0.05, 0.1) is 5.56 Å². The van der Waals surface area contributed by atoms with Crippen LogP contribution in [0.3, 0.4) is 0 Å². The SMILES string of the molecule is Cc1ccnc(NCC2(C)CCCS2)c1C#N. The minimum Gasteiger partial charge on any atom is -0.368 e. The average Bonchev–Trinajstić information content (AvgIpc) is 2.74. The minimum absolute atomic E-state index is 0.290. The molecule has 0 amide bonds. The zero-order valence-corrected chi connectivity index (χ0v) is 11.1. The van der Waals surface area contributed by atoms with Crippen LogP contribution in [0.1, 0.15) is 30.9 Å². The number of nitrogens with one attached hydrogen (secondary N) is 1. The van der Waals surface area contributed by atoms with Crippen molar-refractivity contribution < 1.29 is 0 Å². The van der Waals surface area contributed by atoms with Crippen molar-refractivity contribution >= 4 is 17.6 Å². The summed E-state index contributed by atoms with van der Waals surface area (Å²) < 4.78 is 0.290. The highest BCUT2D eigenvalue weighted by molar-refractivity contribution is 8.00. The molecular weight excluding hydrogens is 230 g/mol. The van der Waals surface area contributed by atoms with Gasteiger partial charge in [-0.05, 0) is 44.1 Å². The van der Waals surface area contributed by atoms with Crippen LogP contribution in [0.15, 0.2) is 12.3 Å². The third-order valence-corrected chi connectivity index (χ3v) is 4.74. The van der Waals surface area contributed by atoms with Crippen molar-refractivity contribution in [3.63, 3.8) is 0 Å². The van der Waals surface area contributed by atoms with Crippen molar-refractivity contribution in [2.45, 2.75) is 31.4 Å². The van der Waals surface area contributed by atoms with E-state index in [1.165, 1.54) is 18.6 Å². The first-order chi connectivity index (χ1) is 8.14. The fourth-order valence-corrected chi connectivity index (χ4v) is 3.32. The van der Waals surface area contributed by atoms with Gasteiger partial charge in [-0.25, -0.2) is 4.98 Å². The number of rotatable bonds is 3. The molecule has 1 N–H and O–H groups in total. The third-order valence-electron chi connectivity index (χ3n) is 3.20. The Labute approximate surface area is 107 Å². The second kappa shape index (κ2) is 4.97. The molecule has 17 heavy (non-hydrogen) atoms. The predicted octanol–water partition coefficient (Wildman–Crippen LogP) is 2.96. The Morgan fingerprint density at radius 2 is 2.47 bits per heavy atom. The summed E-state index contributed by atoms with van der Waals surface area (Å²) >= 11 is 2.01. The van der Waals surface area contributed by atoms with Crippen molar-refractivity contribution in [2.24, 2.45) is 0 Å². The monoisotopic (exact) mass is 247 g/mol. The van der Waals surface area contributed by atoms with E-state index in [9.17, 15) is 0 Å². The van der Waals surface area contributed by atoms with Gasteiger partial charge in [-0.15, -0.1) is 0 Å². The lowest BCUT2D eigenvalue weighted by Gasteiger charge is -2.23. The molecule has 4 heteroatoms. The van der Waals surface area contributed by atoms with Gasteiger partial charge in [0.15, 0.2) is 0 Å². The summed E-state index contributed by atoms with van der Waals surface area (Å²) in [7, 11) is 0. The van der Waals surface area contributed by atoms with Crippen molar-refractivity contribution in [2.75, 3.05) is 17.6 Å². The lowest BCUT2D eigenvalue weighted by atomic mass is 10.1. The molecule has 0 aromatic carbocycles. The molecule has 1 fully saturated rings. The van der Waals surface area contributed by atoms with E-state index >= 15 is 0 Å². The van der Waals surface area contributed by atoms with Gasteiger partial charge in [0.1, 0.15) is 11.9 Å². The molecule has 0 saturated carbocycles. The van der Waals surface area contributed by atoms with E-state index in [-0.39, 0.29) is 4.75 Å². The summed E-state index contributed by atoms with van der Waals surface area (Å²) in [5.74, 6) is 1.96. The van der Waals surface area contributed by atoms with Gasteiger partial charge in [0.25, 0.3) is 0 Å². The number of aryl methyl sites for hydroxylation is 1. The van der Waals surface area contributed by atoms with Crippen LogP contribution in [-0.2, 0) is 0 Å². The second-order valence-corrected chi connectivity index (χ2v) is 6.40. The van der Waals surface area contributed by atoms with Gasteiger partial charge in [-0.3, -0.25) is 0 Å². The highest BCUT2D eigenvalue weighted by Gasteiger charge is 2.29. The molecule has 1 saturated heterocycles. The van der Waals surface area contributed by atoms with Crippen LogP contribution in [-0.4, -0.2) is 22.0 Å². The van der Waals surface area contributed by atoms with E-state index in [2.05, 4.69) is 23.3 Å². The highest BCUT2D eigenvalue weighted by Crippen LogP contribution is 2.37. The summed E-state index contributed by atoms with van der Waals surface area (Å²) in [6, 6.07) is 4.09. The molecule has 2 heterocycles. The van der Waals surface area contributed by atoms with Crippen LogP contribution >= 0.6 is 11.8 Å². The van der Waals surface area contributed by atoms with Gasteiger partial charge in [0.2, 0.25) is 0 Å². The molecule has 1 atom stereocenters. The maximum atomic E-state index is 9.12. The van der Waals surface area contributed by atoms with E-state index in [0.29, 0.717) is 5.56 Å². The second-order valence-electron chi connectivity index (χ2n) is 4.72. The van der Waals surface area contributed by atoms with E-state index < -0.39 is 0 Å². The predicted molar refractivity (Wildman–Crippen MR) is 72.3 cm³/mol. The summed E-state index contributed by atoms with van der Waals surface area (Å²) in [5.41, 5.74) is 1.65. The molecule has 1 aromatic heterocycles. The molecule has 1 aliphatic heterocycles. The van der Waals surface area contributed by atoms with Crippen molar-refractivity contribution in [3.8, 4) is 6.07 Å². The number of hydrogen-bond donors (Lipinski definition) is 1. The topological polar surface area (TPSA) is 48.7 Å². The number of aromatic nitrogens is 1. The van der Waals surface area contributed by atoms with Crippen molar-refractivity contribution in [1.29, 1.82) is 5.26 Å². The summed E-state index contributed by atoms with van der Waals surface area (Å²) in [6.07, 6.45) is 4.27. The first kappa shape index (κ1) is 12.3. The zero-order chi connectivity index (χ0) is 12.3. The van der Waals surface area contributed by atoms with E-state index in [4.69, 9.17) is 5.26 Å². The molecule has 0 radical (unpaired) electrons. The van der Waals surface area contributed by atoms with Gasteiger partial charge in [-0.1, -0.05) is 0 Å². The van der Waals surface area contributed by atoms with Crippen LogP contribution in [0.4, 0.5) is 5.82 Å². The lowest BCUT2D eigenvalue weighted by molar-refractivity contribution is 0.633. The summed E-state index contributed by atoms with van der Waals surface area (Å²) in [4.78, 5) is 4.26. The fraction of sp³-hybridized carbons (Fsp3) is 0.538. The number of anilines is 1. The van der Waals surface area contributed by atoms with Gasteiger partial charge in [0, 0.05) is 17.5 Å². The third kappa shape index (κ3) is 2.73. The smallest absolute Gasteiger partial charge is 0.144 e. The lowest BCUT2D eigenvalue weighted by Crippen LogP contribution is -2.27. The average molecular weight is 247 g/mol. The van der Waals surface area contributed by atoms with Crippen LogP contribution in [0.5, 0.6) is 0 Å². The van der Waals surface area contributed by atoms with Gasteiger partial charge in [-0.2, -0.15) is 17.0 Å². The molecule has 2 rings (SSSR count). The van der Waals surface area contributed by atoms with Crippen molar-refractivity contribution in [3.05, 3.63) is 23.4 Å². The Hall–Kier alpha value is -1.21. The first-order valence-electron chi connectivity index (χ1n) is 5.88. The van der Waals surface area contributed by atoms with E-state index in [0.717, 1.165) is 17.9 Å². The summed E-state index contributed by atoms with van der Waals surface area (Å²) in [6.45, 7) is 5.10.